The highest BCUT2D eigenvalue weighted by atomic mass is 127. The minimum Gasteiger partial charge on any atom is -0.493 e. The molecule has 1 atom stereocenters. The Morgan fingerprint density at radius 3 is 2.37 bits per heavy atom. The zero-order chi connectivity index (χ0) is 21.1. The number of piperazine rings is 1. The Hall–Kier alpha value is -1.26. The summed E-state index contributed by atoms with van der Waals surface area (Å²) in [5.41, 5.74) is 1.20. The van der Waals surface area contributed by atoms with Gasteiger partial charge in [0.1, 0.15) is 0 Å². The van der Waals surface area contributed by atoms with Crippen LogP contribution in [-0.2, 0) is 6.42 Å². The summed E-state index contributed by atoms with van der Waals surface area (Å²) in [6.07, 6.45) is 0.888. The molecule has 30 heavy (non-hydrogen) atoms. The molecule has 0 aliphatic carbocycles. The third kappa shape index (κ3) is 8.47. The van der Waals surface area contributed by atoms with Crippen molar-refractivity contribution in [3.05, 3.63) is 23.8 Å². The number of likely N-dealkylation sites (N-methyl/N-ethyl adjacent to an activating group) is 1. The zero-order valence-corrected chi connectivity index (χ0v) is 21.6. The van der Waals surface area contributed by atoms with Gasteiger partial charge >= 0.3 is 0 Å². The average Bonchev–Trinajstić information content (AvgIpc) is 2.77. The number of rotatable bonds is 10. The standard InChI is InChI=1S/C22H39N5O2.HI/c1-6-23-22(25-17-18(3)27-14-12-26(7-2)13-15-27)24-11-10-19-8-9-20(28-4)21(16-19)29-5;/h8-9,16,18H,6-7,10-15,17H2,1-5H3,(H2,23,24,25);1H. The molecule has 172 valence electrons. The lowest BCUT2D eigenvalue weighted by Gasteiger charge is -2.37. The second-order valence-electron chi connectivity index (χ2n) is 7.40. The van der Waals surface area contributed by atoms with Crippen LogP contribution >= 0.6 is 24.0 Å². The van der Waals surface area contributed by atoms with Gasteiger partial charge in [-0.15, -0.1) is 24.0 Å². The van der Waals surface area contributed by atoms with Crippen LogP contribution in [0, 0.1) is 0 Å². The molecule has 0 saturated carbocycles. The van der Waals surface area contributed by atoms with E-state index in [1.807, 2.05) is 12.1 Å². The molecule has 8 heteroatoms. The topological polar surface area (TPSA) is 61.4 Å². The number of guanidine groups is 1. The summed E-state index contributed by atoms with van der Waals surface area (Å²) in [4.78, 5) is 9.87. The lowest BCUT2D eigenvalue weighted by atomic mass is 10.1. The largest absolute Gasteiger partial charge is 0.493 e. The maximum Gasteiger partial charge on any atom is 0.191 e. The molecule has 0 radical (unpaired) electrons. The van der Waals surface area contributed by atoms with Crippen LogP contribution in [0.2, 0.25) is 0 Å². The van der Waals surface area contributed by atoms with Gasteiger partial charge in [-0.25, -0.2) is 0 Å². The van der Waals surface area contributed by atoms with Gasteiger partial charge in [-0.05, 0) is 44.5 Å². The van der Waals surface area contributed by atoms with E-state index in [-0.39, 0.29) is 24.0 Å². The van der Waals surface area contributed by atoms with Crippen molar-refractivity contribution in [2.24, 2.45) is 4.99 Å². The zero-order valence-electron chi connectivity index (χ0n) is 19.2. The first-order chi connectivity index (χ1) is 14.1. The first kappa shape index (κ1) is 26.8. The Morgan fingerprint density at radius 2 is 1.77 bits per heavy atom. The van der Waals surface area contributed by atoms with Gasteiger partial charge in [0.05, 0.1) is 20.8 Å². The van der Waals surface area contributed by atoms with Gasteiger partial charge in [0.2, 0.25) is 0 Å². The number of halogens is 1. The van der Waals surface area contributed by atoms with E-state index in [4.69, 9.17) is 14.5 Å². The summed E-state index contributed by atoms with van der Waals surface area (Å²) in [6.45, 7) is 14.8. The summed E-state index contributed by atoms with van der Waals surface area (Å²) in [5.74, 6) is 2.41. The van der Waals surface area contributed by atoms with E-state index in [1.54, 1.807) is 14.2 Å². The number of nitrogens with one attached hydrogen (secondary N) is 2. The van der Waals surface area contributed by atoms with Gasteiger partial charge in [0.25, 0.3) is 0 Å². The van der Waals surface area contributed by atoms with Crippen LogP contribution in [0.5, 0.6) is 11.5 Å². The van der Waals surface area contributed by atoms with Crippen LogP contribution < -0.4 is 20.1 Å². The number of nitrogens with zero attached hydrogens (tertiary/aromatic N) is 3. The highest BCUT2D eigenvalue weighted by Gasteiger charge is 2.19. The van der Waals surface area contributed by atoms with E-state index in [2.05, 4.69) is 47.3 Å². The molecular formula is C22H40IN5O2. The summed E-state index contributed by atoms with van der Waals surface area (Å²) in [6, 6.07) is 6.51. The predicted octanol–water partition coefficient (Wildman–Crippen LogP) is 2.45. The van der Waals surface area contributed by atoms with Crippen molar-refractivity contribution in [3.8, 4) is 11.5 Å². The van der Waals surface area contributed by atoms with E-state index in [0.29, 0.717) is 6.04 Å². The Labute approximate surface area is 199 Å². The Bertz CT molecular complexity index is 636. The SMILES string of the molecule is CCNC(=NCC(C)N1CCN(CC)CC1)NCCc1ccc(OC)c(OC)c1.I. The van der Waals surface area contributed by atoms with E-state index in [0.717, 1.165) is 76.2 Å². The Balaban J connectivity index is 0.00000450. The normalized spacial score (nSPS) is 16.5. The summed E-state index contributed by atoms with van der Waals surface area (Å²) >= 11 is 0. The molecule has 1 aliphatic rings. The van der Waals surface area contributed by atoms with Gasteiger partial charge in [0.15, 0.2) is 17.5 Å². The third-order valence-electron chi connectivity index (χ3n) is 5.49. The smallest absolute Gasteiger partial charge is 0.191 e. The summed E-state index contributed by atoms with van der Waals surface area (Å²) < 4.78 is 10.7. The molecule has 0 amide bonds. The number of aliphatic imine (C=N–C) groups is 1. The molecular weight excluding hydrogens is 493 g/mol. The lowest BCUT2D eigenvalue weighted by Crippen LogP contribution is -2.50. The van der Waals surface area contributed by atoms with Gasteiger partial charge in [-0.3, -0.25) is 9.89 Å². The van der Waals surface area contributed by atoms with Crippen LogP contribution in [0.25, 0.3) is 0 Å². The number of benzene rings is 1. The monoisotopic (exact) mass is 533 g/mol. The average molecular weight is 533 g/mol. The number of ether oxygens (including phenoxy) is 2. The molecule has 7 nitrogen and oxygen atoms in total. The van der Waals surface area contributed by atoms with E-state index in [9.17, 15) is 0 Å². The van der Waals surface area contributed by atoms with Crippen molar-refractivity contribution in [3.63, 3.8) is 0 Å². The van der Waals surface area contributed by atoms with Crippen molar-refractivity contribution < 1.29 is 9.47 Å². The lowest BCUT2D eigenvalue weighted by molar-refractivity contribution is 0.109. The molecule has 1 aromatic carbocycles. The van der Waals surface area contributed by atoms with Crippen molar-refractivity contribution in [1.82, 2.24) is 20.4 Å². The molecule has 0 bridgehead atoms. The molecule has 1 fully saturated rings. The van der Waals surface area contributed by atoms with Gasteiger partial charge in [0, 0.05) is 45.3 Å². The first-order valence-corrected chi connectivity index (χ1v) is 10.8. The fraction of sp³-hybridized carbons (Fsp3) is 0.682. The minimum absolute atomic E-state index is 0. The quantitative estimate of drug-likeness (QED) is 0.274. The van der Waals surface area contributed by atoms with E-state index >= 15 is 0 Å². The molecule has 0 spiro atoms. The Kier molecular flexibility index (Phi) is 13.1. The fourth-order valence-corrected chi connectivity index (χ4v) is 3.56. The fourth-order valence-electron chi connectivity index (χ4n) is 3.56. The molecule has 1 aliphatic heterocycles. The van der Waals surface area contributed by atoms with Crippen LogP contribution in [-0.4, -0.2) is 88.4 Å². The molecule has 2 rings (SSSR count). The van der Waals surface area contributed by atoms with Crippen LogP contribution in [0.1, 0.15) is 26.3 Å². The highest BCUT2D eigenvalue weighted by Crippen LogP contribution is 2.27. The van der Waals surface area contributed by atoms with E-state index in [1.165, 1.54) is 5.56 Å². The van der Waals surface area contributed by atoms with Crippen molar-refractivity contribution in [2.75, 3.05) is 66.6 Å². The third-order valence-corrected chi connectivity index (χ3v) is 5.49. The number of hydrogen-bond acceptors (Lipinski definition) is 5. The maximum absolute atomic E-state index is 5.39. The van der Waals surface area contributed by atoms with Crippen molar-refractivity contribution in [1.29, 1.82) is 0 Å². The van der Waals surface area contributed by atoms with Crippen LogP contribution in [0.3, 0.4) is 0 Å². The number of methoxy groups -OCH3 is 2. The van der Waals surface area contributed by atoms with Gasteiger partial charge in [-0.1, -0.05) is 13.0 Å². The molecule has 1 aromatic rings. The highest BCUT2D eigenvalue weighted by molar-refractivity contribution is 14.0. The summed E-state index contributed by atoms with van der Waals surface area (Å²) in [7, 11) is 3.32. The second-order valence-corrected chi connectivity index (χ2v) is 7.40. The van der Waals surface area contributed by atoms with Gasteiger partial charge < -0.3 is 25.0 Å². The van der Waals surface area contributed by atoms with Crippen molar-refractivity contribution >= 4 is 29.9 Å². The van der Waals surface area contributed by atoms with Crippen LogP contribution in [0.4, 0.5) is 0 Å². The molecule has 1 unspecified atom stereocenters. The summed E-state index contributed by atoms with van der Waals surface area (Å²) in [5, 5.41) is 6.80. The molecule has 1 heterocycles. The number of hydrogen-bond donors (Lipinski definition) is 2. The predicted molar refractivity (Wildman–Crippen MR) is 136 cm³/mol. The Morgan fingerprint density at radius 1 is 1.07 bits per heavy atom. The first-order valence-electron chi connectivity index (χ1n) is 10.8. The van der Waals surface area contributed by atoms with Crippen LogP contribution in [0.15, 0.2) is 23.2 Å². The minimum atomic E-state index is 0. The second kappa shape index (κ2) is 14.7. The molecule has 0 aromatic heterocycles. The van der Waals surface area contributed by atoms with Crippen molar-refractivity contribution in [2.45, 2.75) is 33.2 Å². The van der Waals surface area contributed by atoms with E-state index < -0.39 is 0 Å². The maximum atomic E-state index is 5.39. The molecule has 1 saturated heterocycles. The van der Waals surface area contributed by atoms with Gasteiger partial charge in [-0.2, -0.15) is 0 Å². The molecule has 2 N–H and O–H groups in total.